The van der Waals surface area contributed by atoms with Gasteiger partial charge < -0.3 is 20.0 Å². The van der Waals surface area contributed by atoms with Crippen LogP contribution < -0.4 is 5.32 Å². The van der Waals surface area contributed by atoms with Crippen molar-refractivity contribution >= 4 is 40.1 Å². The second-order valence-corrected chi connectivity index (χ2v) is 9.51. The van der Waals surface area contributed by atoms with E-state index in [9.17, 15) is 19.2 Å². The van der Waals surface area contributed by atoms with Crippen LogP contribution in [0.15, 0.2) is 29.6 Å². The average molecular weight is 486 g/mol. The Morgan fingerprint density at radius 1 is 1.06 bits per heavy atom. The minimum Gasteiger partial charge on any atom is -0.339 e. The molecule has 1 aliphatic heterocycles. The molecule has 1 aliphatic rings. The standard InChI is InChI=1S/C24H31N5O4S/c1-16(2)29(23(33)19-7-5-17(3)6-8-19)14-21(31)26-24-25-20(15-34-24)13-22(32)28-11-9-27(10-12-28)18(4)30/h5-8,15-16H,9-14H2,1-4H3,(H,25,26,31). The molecule has 3 rings (SSSR count). The second-order valence-electron chi connectivity index (χ2n) is 8.65. The van der Waals surface area contributed by atoms with Crippen LogP contribution in [0.4, 0.5) is 5.13 Å². The molecule has 0 aliphatic carbocycles. The summed E-state index contributed by atoms with van der Waals surface area (Å²) in [6, 6.07) is 7.10. The zero-order chi connectivity index (χ0) is 24.8. The predicted octanol–water partition coefficient (Wildman–Crippen LogP) is 2.17. The topological polar surface area (TPSA) is 103 Å². The predicted molar refractivity (Wildman–Crippen MR) is 131 cm³/mol. The van der Waals surface area contributed by atoms with Crippen LogP contribution in [0.3, 0.4) is 0 Å². The summed E-state index contributed by atoms with van der Waals surface area (Å²) >= 11 is 1.24. The fourth-order valence-corrected chi connectivity index (χ4v) is 4.37. The molecule has 0 unspecified atom stereocenters. The van der Waals surface area contributed by atoms with Crippen LogP contribution in [0.25, 0.3) is 0 Å². The first kappa shape index (κ1) is 25.4. The largest absolute Gasteiger partial charge is 0.339 e. The molecular formula is C24H31N5O4S. The van der Waals surface area contributed by atoms with E-state index in [4.69, 9.17) is 0 Å². The molecule has 0 saturated carbocycles. The molecular weight excluding hydrogens is 454 g/mol. The maximum absolute atomic E-state index is 12.9. The Balaban J connectivity index is 1.53. The van der Waals surface area contributed by atoms with Crippen molar-refractivity contribution in [2.45, 2.75) is 40.2 Å². The lowest BCUT2D eigenvalue weighted by molar-refractivity contribution is -0.138. The van der Waals surface area contributed by atoms with Crippen LogP contribution in [0, 0.1) is 6.92 Å². The number of carbonyl (C=O) groups excluding carboxylic acids is 4. The number of anilines is 1. The molecule has 0 bridgehead atoms. The van der Waals surface area contributed by atoms with E-state index in [1.807, 2.05) is 32.9 Å². The molecule has 0 spiro atoms. The maximum Gasteiger partial charge on any atom is 0.254 e. The van der Waals surface area contributed by atoms with E-state index >= 15 is 0 Å². The number of aryl methyl sites for hydroxylation is 1. The van der Waals surface area contributed by atoms with Crippen molar-refractivity contribution in [2.24, 2.45) is 0 Å². The molecule has 9 nitrogen and oxygen atoms in total. The van der Waals surface area contributed by atoms with Gasteiger partial charge in [-0.15, -0.1) is 11.3 Å². The Bertz CT molecular complexity index is 1040. The van der Waals surface area contributed by atoms with Gasteiger partial charge in [-0.1, -0.05) is 17.7 Å². The van der Waals surface area contributed by atoms with Gasteiger partial charge in [0.15, 0.2) is 5.13 Å². The van der Waals surface area contributed by atoms with Crippen molar-refractivity contribution in [2.75, 3.05) is 38.0 Å². The number of carbonyl (C=O) groups is 4. The van der Waals surface area contributed by atoms with Crippen molar-refractivity contribution in [3.05, 3.63) is 46.5 Å². The minimum atomic E-state index is -0.346. The maximum atomic E-state index is 12.9. The number of amides is 4. The van der Waals surface area contributed by atoms with E-state index in [1.165, 1.54) is 23.2 Å². The number of piperazine rings is 1. The van der Waals surface area contributed by atoms with Gasteiger partial charge in [-0.2, -0.15) is 0 Å². The van der Waals surface area contributed by atoms with Crippen molar-refractivity contribution in [3.8, 4) is 0 Å². The molecule has 2 aromatic rings. The minimum absolute atomic E-state index is 0.0172. The highest BCUT2D eigenvalue weighted by atomic mass is 32.1. The number of aromatic nitrogens is 1. The van der Waals surface area contributed by atoms with Gasteiger partial charge in [0.2, 0.25) is 17.7 Å². The van der Waals surface area contributed by atoms with Gasteiger partial charge in [0.05, 0.1) is 12.1 Å². The highest BCUT2D eigenvalue weighted by Gasteiger charge is 2.24. The Kier molecular flexibility index (Phi) is 8.38. The highest BCUT2D eigenvalue weighted by molar-refractivity contribution is 7.13. The van der Waals surface area contributed by atoms with E-state index in [-0.39, 0.29) is 42.6 Å². The summed E-state index contributed by atoms with van der Waals surface area (Å²) in [6.07, 6.45) is 0.135. The third kappa shape index (κ3) is 6.63. The molecule has 1 saturated heterocycles. The first-order valence-corrected chi connectivity index (χ1v) is 12.2. The average Bonchev–Trinajstić information content (AvgIpc) is 3.23. The molecule has 0 atom stereocenters. The van der Waals surface area contributed by atoms with Gasteiger partial charge in [0.1, 0.15) is 6.54 Å². The fraction of sp³-hybridized carbons (Fsp3) is 0.458. The molecule has 1 aromatic carbocycles. The van der Waals surface area contributed by atoms with Crippen LogP contribution in [0.2, 0.25) is 0 Å². The van der Waals surface area contributed by atoms with Crippen LogP contribution in [-0.4, -0.2) is 82.1 Å². The first-order chi connectivity index (χ1) is 16.1. The SMILES string of the molecule is CC(=O)N1CCN(C(=O)Cc2csc(NC(=O)CN(C(=O)c3ccc(C)cc3)C(C)C)n2)CC1. The van der Waals surface area contributed by atoms with Crippen molar-refractivity contribution in [3.63, 3.8) is 0 Å². The lowest BCUT2D eigenvalue weighted by atomic mass is 10.1. The van der Waals surface area contributed by atoms with Crippen molar-refractivity contribution in [1.29, 1.82) is 0 Å². The van der Waals surface area contributed by atoms with Gasteiger partial charge in [-0.3, -0.25) is 19.2 Å². The summed E-state index contributed by atoms with van der Waals surface area (Å²) < 4.78 is 0. The number of hydrogen-bond donors (Lipinski definition) is 1. The number of thiazole rings is 1. The van der Waals surface area contributed by atoms with E-state index in [0.29, 0.717) is 42.6 Å². The normalized spacial score (nSPS) is 13.7. The molecule has 182 valence electrons. The Morgan fingerprint density at radius 2 is 1.68 bits per heavy atom. The molecule has 2 heterocycles. The van der Waals surface area contributed by atoms with Crippen LogP contribution >= 0.6 is 11.3 Å². The van der Waals surface area contributed by atoms with Gasteiger partial charge in [0.25, 0.3) is 5.91 Å². The Labute approximate surface area is 203 Å². The van der Waals surface area contributed by atoms with E-state index in [0.717, 1.165) is 5.56 Å². The molecule has 1 N–H and O–H groups in total. The van der Waals surface area contributed by atoms with Crippen molar-refractivity contribution < 1.29 is 19.2 Å². The summed E-state index contributed by atoms with van der Waals surface area (Å²) in [7, 11) is 0. The molecule has 4 amide bonds. The van der Waals surface area contributed by atoms with E-state index in [2.05, 4.69) is 10.3 Å². The second kappa shape index (κ2) is 11.2. The van der Waals surface area contributed by atoms with Gasteiger partial charge in [-0.25, -0.2) is 4.98 Å². The summed E-state index contributed by atoms with van der Waals surface area (Å²) in [5.74, 6) is -0.591. The fourth-order valence-electron chi connectivity index (χ4n) is 3.65. The third-order valence-corrected chi connectivity index (χ3v) is 6.51. The Morgan fingerprint density at radius 3 is 2.26 bits per heavy atom. The number of rotatable bonds is 7. The summed E-state index contributed by atoms with van der Waals surface area (Å²) in [5.41, 5.74) is 2.17. The Hall–Kier alpha value is -3.27. The summed E-state index contributed by atoms with van der Waals surface area (Å²) in [5, 5.41) is 4.88. The molecule has 0 radical (unpaired) electrons. The lowest BCUT2D eigenvalue weighted by Crippen LogP contribution is -2.50. The lowest BCUT2D eigenvalue weighted by Gasteiger charge is -2.34. The van der Waals surface area contributed by atoms with E-state index < -0.39 is 0 Å². The smallest absolute Gasteiger partial charge is 0.254 e. The third-order valence-electron chi connectivity index (χ3n) is 5.70. The number of nitrogens with one attached hydrogen (secondary N) is 1. The first-order valence-electron chi connectivity index (χ1n) is 11.3. The number of nitrogens with zero attached hydrogens (tertiary/aromatic N) is 4. The van der Waals surface area contributed by atoms with E-state index in [1.54, 1.807) is 27.3 Å². The summed E-state index contributed by atoms with van der Waals surface area (Å²) in [6.45, 7) is 9.19. The zero-order valence-corrected chi connectivity index (χ0v) is 20.9. The quantitative estimate of drug-likeness (QED) is 0.648. The summed E-state index contributed by atoms with van der Waals surface area (Å²) in [4.78, 5) is 58.9. The molecule has 34 heavy (non-hydrogen) atoms. The van der Waals surface area contributed by atoms with Crippen LogP contribution in [0.5, 0.6) is 0 Å². The molecule has 1 fully saturated rings. The monoisotopic (exact) mass is 485 g/mol. The zero-order valence-electron chi connectivity index (χ0n) is 20.0. The molecule has 10 heteroatoms. The molecule has 1 aromatic heterocycles. The van der Waals surface area contributed by atoms with Crippen LogP contribution in [-0.2, 0) is 20.8 Å². The van der Waals surface area contributed by atoms with Crippen LogP contribution in [0.1, 0.15) is 42.4 Å². The number of benzene rings is 1. The highest BCUT2D eigenvalue weighted by Crippen LogP contribution is 2.17. The van der Waals surface area contributed by atoms with Gasteiger partial charge >= 0.3 is 0 Å². The van der Waals surface area contributed by atoms with Crippen molar-refractivity contribution in [1.82, 2.24) is 19.7 Å². The van der Waals surface area contributed by atoms with Gasteiger partial charge in [0, 0.05) is 50.1 Å². The van der Waals surface area contributed by atoms with Gasteiger partial charge in [-0.05, 0) is 32.9 Å². The number of hydrogen-bond acceptors (Lipinski definition) is 6.